The first-order valence-corrected chi connectivity index (χ1v) is 14.2. The number of carbonyl (C=O) groups is 3. The van der Waals surface area contributed by atoms with Crippen LogP contribution in [0.1, 0.15) is 109 Å². The number of rotatable bonds is 26. The Balaban J connectivity index is 1.98. The second-order valence-corrected chi connectivity index (χ2v) is 9.60. The van der Waals surface area contributed by atoms with Crippen molar-refractivity contribution in [2.45, 2.75) is 115 Å². The second-order valence-electron chi connectivity index (χ2n) is 9.60. The van der Waals surface area contributed by atoms with Crippen molar-refractivity contribution >= 4 is 17.8 Å². The third-order valence-electron chi connectivity index (χ3n) is 6.28. The maximum absolute atomic E-state index is 12.3. The summed E-state index contributed by atoms with van der Waals surface area (Å²) in [5, 5.41) is 38.4. The largest absolute Gasteiger partial charge is 0.481 e. The number of hydrogen-bond acceptors (Lipinski definition) is 7. The van der Waals surface area contributed by atoms with E-state index < -0.39 is 17.9 Å². The summed E-state index contributed by atoms with van der Waals surface area (Å²) in [5.74, 6) is -0.838. The van der Waals surface area contributed by atoms with Crippen molar-refractivity contribution in [1.82, 2.24) is 31.3 Å². The number of nitrogens with one attached hydrogen (secondary N) is 3. The topological polar surface area (TPSA) is 179 Å². The molecule has 1 aromatic heterocycles. The van der Waals surface area contributed by atoms with E-state index in [1.807, 2.05) is 0 Å². The van der Waals surface area contributed by atoms with Gasteiger partial charge in [0.25, 0.3) is 0 Å². The second kappa shape index (κ2) is 23.5. The highest BCUT2D eigenvalue weighted by atomic mass is 16.5. The Morgan fingerprint density at radius 2 is 1.45 bits per heavy atom. The number of tetrazole rings is 1. The zero-order valence-corrected chi connectivity index (χ0v) is 22.8. The molecule has 0 aliphatic heterocycles. The van der Waals surface area contributed by atoms with Gasteiger partial charge in [0.2, 0.25) is 11.8 Å². The summed E-state index contributed by atoms with van der Waals surface area (Å²) in [7, 11) is 0. The lowest BCUT2D eigenvalue weighted by molar-refractivity contribution is -0.138. The summed E-state index contributed by atoms with van der Waals surface area (Å²) in [6.45, 7) is 0.110. The number of unbranched alkanes of at least 4 members (excludes halogenated alkanes) is 12. The minimum Gasteiger partial charge on any atom is -0.481 e. The highest BCUT2D eigenvalue weighted by molar-refractivity contribution is 5.88. The van der Waals surface area contributed by atoms with Gasteiger partial charge in [0.05, 0.1) is 13.2 Å². The normalized spacial score (nSPS) is 11.8. The average molecular weight is 540 g/mol. The summed E-state index contributed by atoms with van der Waals surface area (Å²) >= 11 is 0. The first-order chi connectivity index (χ1) is 18.5. The molecule has 0 saturated heterocycles. The SMILES string of the molecule is [O]CCOCCNC(=O)[C@@H](CCC(=O)O)NC(=O)CCCCCCCCCCCCCCCc1nnn[nH]1. The molecule has 12 heteroatoms. The zero-order valence-electron chi connectivity index (χ0n) is 22.8. The molecular formula is C26H47N6O6. The molecule has 4 N–H and O–H groups in total. The number of ether oxygens (including phenoxy) is 1. The van der Waals surface area contributed by atoms with Crippen molar-refractivity contribution in [1.29, 1.82) is 0 Å². The van der Waals surface area contributed by atoms with Gasteiger partial charge in [-0.05, 0) is 29.7 Å². The van der Waals surface area contributed by atoms with Gasteiger partial charge < -0.3 is 20.5 Å². The molecule has 12 nitrogen and oxygen atoms in total. The maximum atomic E-state index is 12.3. The molecule has 0 aliphatic carbocycles. The van der Waals surface area contributed by atoms with Gasteiger partial charge >= 0.3 is 5.97 Å². The number of carboxylic acids is 1. The first kappa shape index (κ1) is 33.4. The smallest absolute Gasteiger partial charge is 0.303 e. The lowest BCUT2D eigenvalue weighted by Gasteiger charge is -2.18. The molecule has 0 aliphatic rings. The van der Waals surface area contributed by atoms with E-state index in [0.717, 1.165) is 44.3 Å². The molecule has 1 radical (unpaired) electrons. The van der Waals surface area contributed by atoms with Gasteiger partial charge in [-0.25, -0.2) is 10.2 Å². The van der Waals surface area contributed by atoms with Crippen molar-refractivity contribution in [3.63, 3.8) is 0 Å². The Kier molecular flexibility index (Phi) is 20.7. The summed E-state index contributed by atoms with van der Waals surface area (Å²) in [4.78, 5) is 35.5. The molecule has 0 spiro atoms. The van der Waals surface area contributed by atoms with Gasteiger partial charge in [-0.15, -0.1) is 5.10 Å². The Morgan fingerprint density at radius 1 is 0.842 bits per heavy atom. The van der Waals surface area contributed by atoms with Crippen LogP contribution < -0.4 is 10.6 Å². The number of aryl methyl sites for hydroxylation is 1. The number of amides is 2. The molecule has 0 unspecified atom stereocenters. The Morgan fingerprint density at radius 3 is 2.00 bits per heavy atom. The molecule has 1 heterocycles. The predicted molar refractivity (Wildman–Crippen MR) is 141 cm³/mol. The zero-order chi connectivity index (χ0) is 27.7. The lowest BCUT2D eigenvalue weighted by atomic mass is 10.0. The van der Waals surface area contributed by atoms with Gasteiger partial charge in [-0.2, -0.15) is 0 Å². The van der Waals surface area contributed by atoms with Gasteiger partial charge in [0, 0.05) is 25.8 Å². The number of H-pyrrole nitrogens is 1. The number of aromatic nitrogens is 4. The monoisotopic (exact) mass is 539 g/mol. The van der Waals surface area contributed by atoms with E-state index >= 15 is 0 Å². The first-order valence-electron chi connectivity index (χ1n) is 14.2. The molecule has 0 aromatic carbocycles. The number of aliphatic carboxylic acids is 1. The number of nitrogens with zero attached hydrogens (tertiary/aromatic N) is 3. The Labute approximate surface area is 226 Å². The molecule has 0 saturated carbocycles. The van der Waals surface area contributed by atoms with E-state index in [9.17, 15) is 19.5 Å². The van der Waals surface area contributed by atoms with E-state index in [0.29, 0.717) is 6.42 Å². The van der Waals surface area contributed by atoms with E-state index in [-0.39, 0.29) is 45.1 Å². The van der Waals surface area contributed by atoms with E-state index in [1.54, 1.807) is 0 Å². The van der Waals surface area contributed by atoms with Crippen molar-refractivity contribution in [3.8, 4) is 0 Å². The fourth-order valence-corrected chi connectivity index (χ4v) is 4.14. The van der Waals surface area contributed by atoms with Crippen LogP contribution in [0.5, 0.6) is 0 Å². The minimum atomic E-state index is -1.02. The molecular weight excluding hydrogens is 492 g/mol. The summed E-state index contributed by atoms with van der Waals surface area (Å²) in [5.41, 5.74) is 0. The summed E-state index contributed by atoms with van der Waals surface area (Å²) in [6.07, 6.45) is 16.2. The minimum absolute atomic E-state index is 0.0238. The van der Waals surface area contributed by atoms with Gasteiger partial charge in [-0.3, -0.25) is 14.4 Å². The van der Waals surface area contributed by atoms with Crippen LogP contribution in [0, 0.1) is 0 Å². The molecule has 0 bridgehead atoms. The quantitative estimate of drug-likeness (QED) is 0.130. The molecule has 1 atom stereocenters. The van der Waals surface area contributed by atoms with Crippen LogP contribution in [0.3, 0.4) is 0 Å². The van der Waals surface area contributed by atoms with Crippen molar-refractivity contribution < 1.29 is 29.3 Å². The highest BCUT2D eigenvalue weighted by Gasteiger charge is 2.21. The van der Waals surface area contributed by atoms with Crippen molar-refractivity contribution in [2.75, 3.05) is 26.4 Å². The van der Waals surface area contributed by atoms with Crippen LogP contribution in [0.2, 0.25) is 0 Å². The van der Waals surface area contributed by atoms with Crippen LogP contribution in [0.25, 0.3) is 0 Å². The Bertz CT molecular complexity index is 734. The van der Waals surface area contributed by atoms with Gasteiger partial charge in [-0.1, -0.05) is 70.6 Å². The maximum Gasteiger partial charge on any atom is 0.303 e. The fourth-order valence-electron chi connectivity index (χ4n) is 4.14. The molecule has 1 rings (SSSR count). The van der Waals surface area contributed by atoms with Crippen LogP contribution in [0.4, 0.5) is 0 Å². The van der Waals surface area contributed by atoms with Gasteiger partial charge in [0.15, 0.2) is 0 Å². The molecule has 38 heavy (non-hydrogen) atoms. The summed E-state index contributed by atoms with van der Waals surface area (Å²) < 4.78 is 5.02. The molecule has 2 amide bonds. The Hall–Kier alpha value is -2.60. The van der Waals surface area contributed by atoms with E-state index in [4.69, 9.17) is 9.84 Å². The third-order valence-corrected chi connectivity index (χ3v) is 6.28. The average Bonchev–Trinajstić information content (AvgIpc) is 3.42. The molecule has 0 fully saturated rings. The fraction of sp³-hybridized carbons (Fsp3) is 0.846. The van der Waals surface area contributed by atoms with Gasteiger partial charge in [0.1, 0.15) is 18.5 Å². The predicted octanol–water partition coefficient (Wildman–Crippen LogP) is 3.12. The standard InChI is InChI=1S/C26H47N6O6/c33-19-21-38-20-18-27-26(37)22(16-17-25(35)36)28-24(34)15-13-11-9-7-5-3-1-2-4-6-8-10-12-14-23-29-31-32-30-23/h22H,1-21H2,(H,27,37)(H,28,34)(H,35,36)(H,29,30,31,32)/t22-/m1/s1. The van der Waals surface area contributed by atoms with Crippen LogP contribution in [-0.2, 0) is 30.6 Å². The van der Waals surface area contributed by atoms with E-state index in [1.165, 1.54) is 51.4 Å². The number of aromatic amines is 1. The third kappa shape index (κ3) is 19.5. The number of hydrogen-bond donors (Lipinski definition) is 4. The number of carbonyl (C=O) groups excluding carboxylic acids is 2. The van der Waals surface area contributed by atoms with Crippen LogP contribution in [-0.4, -0.2) is 75.9 Å². The van der Waals surface area contributed by atoms with Crippen LogP contribution >= 0.6 is 0 Å². The molecule has 217 valence electrons. The number of carboxylic acid groups (broad SMARTS) is 1. The van der Waals surface area contributed by atoms with Crippen LogP contribution in [0.15, 0.2) is 0 Å². The summed E-state index contributed by atoms with van der Waals surface area (Å²) in [6, 6.07) is -0.894. The van der Waals surface area contributed by atoms with Crippen molar-refractivity contribution in [3.05, 3.63) is 5.82 Å². The molecule has 1 aromatic rings. The van der Waals surface area contributed by atoms with Crippen molar-refractivity contribution in [2.24, 2.45) is 0 Å². The lowest BCUT2D eigenvalue weighted by Crippen LogP contribution is -2.47. The highest BCUT2D eigenvalue weighted by Crippen LogP contribution is 2.13. The van der Waals surface area contributed by atoms with E-state index in [2.05, 4.69) is 31.3 Å².